The zero-order valence-electron chi connectivity index (χ0n) is 18.0. The van der Waals surface area contributed by atoms with Crippen molar-refractivity contribution in [1.82, 2.24) is 10.8 Å². The monoisotopic (exact) mass is 594 g/mol. The zero-order chi connectivity index (χ0) is 25.1. The second kappa shape index (κ2) is 13.7. The summed E-state index contributed by atoms with van der Waals surface area (Å²) in [5.41, 5.74) is 0.298. The van der Waals surface area contributed by atoms with Gasteiger partial charge in [0.25, 0.3) is 5.91 Å². The van der Waals surface area contributed by atoms with E-state index in [0.717, 1.165) is 12.3 Å². The van der Waals surface area contributed by atoms with Gasteiger partial charge in [-0.25, -0.2) is 18.7 Å². The highest BCUT2D eigenvalue weighted by Crippen LogP contribution is 2.30. The van der Waals surface area contributed by atoms with E-state index >= 15 is 0 Å². The summed E-state index contributed by atoms with van der Waals surface area (Å²) in [6, 6.07) is 4.97. The summed E-state index contributed by atoms with van der Waals surface area (Å²) < 4.78 is 44.5. The summed E-state index contributed by atoms with van der Waals surface area (Å²) >= 11 is 1.88. The van der Waals surface area contributed by atoms with E-state index in [-0.39, 0.29) is 31.4 Å². The van der Waals surface area contributed by atoms with Gasteiger partial charge in [-0.15, -0.1) is 0 Å². The fraction of sp³-hybridized carbons (Fsp3) is 0.286. The minimum atomic E-state index is -1.47. The SMILES string of the molecule is CCC(=O)NCCO/N=C/c1cc(C(=O)NOCCO)c(Nc2ccc(I)cc2F)c(F)c1F. The van der Waals surface area contributed by atoms with Crippen molar-refractivity contribution < 1.29 is 37.5 Å². The molecule has 9 nitrogen and oxygen atoms in total. The third-order valence-corrected chi connectivity index (χ3v) is 4.80. The molecule has 0 aliphatic heterocycles. The van der Waals surface area contributed by atoms with Gasteiger partial charge in [-0.3, -0.25) is 14.4 Å². The van der Waals surface area contributed by atoms with Gasteiger partial charge in [0, 0.05) is 15.6 Å². The van der Waals surface area contributed by atoms with Crippen LogP contribution in [0, 0.1) is 21.0 Å². The maximum absolute atomic E-state index is 15.0. The molecular weight excluding hydrogens is 572 g/mol. The van der Waals surface area contributed by atoms with Crippen LogP contribution in [0.4, 0.5) is 24.5 Å². The molecule has 0 atom stereocenters. The quantitative estimate of drug-likeness (QED) is 0.130. The van der Waals surface area contributed by atoms with E-state index in [1.165, 1.54) is 18.2 Å². The summed E-state index contributed by atoms with van der Waals surface area (Å²) in [6.45, 7) is 1.16. The van der Waals surface area contributed by atoms with Gasteiger partial charge < -0.3 is 20.6 Å². The molecule has 184 valence electrons. The Morgan fingerprint density at radius 2 is 1.94 bits per heavy atom. The fourth-order valence-corrected chi connectivity index (χ4v) is 2.94. The predicted octanol–water partition coefficient (Wildman–Crippen LogP) is 2.98. The molecule has 0 unspecified atom stereocenters. The van der Waals surface area contributed by atoms with Crippen LogP contribution in [0.3, 0.4) is 0 Å². The van der Waals surface area contributed by atoms with Gasteiger partial charge >= 0.3 is 0 Å². The fourth-order valence-electron chi connectivity index (χ4n) is 2.49. The number of hydrogen-bond donors (Lipinski definition) is 4. The number of anilines is 2. The van der Waals surface area contributed by atoms with Crippen LogP contribution >= 0.6 is 22.6 Å². The number of amides is 2. The Balaban J connectivity index is 2.31. The molecule has 2 aromatic rings. The van der Waals surface area contributed by atoms with E-state index in [4.69, 9.17) is 14.8 Å². The lowest BCUT2D eigenvalue weighted by Gasteiger charge is -2.15. The predicted molar refractivity (Wildman–Crippen MR) is 126 cm³/mol. The van der Waals surface area contributed by atoms with E-state index < -0.39 is 46.8 Å². The number of benzene rings is 2. The van der Waals surface area contributed by atoms with E-state index in [1.807, 2.05) is 28.1 Å². The third-order valence-electron chi connectivity index (χ3n) is 4.13. The molecule has 0 saturated heterocycles. The molecule has 2 rings (SSSR count). The summed E-state index contributed by atoms with van der Waals surface area (Å²) in [5, 5.41) is 17.2. The van der Waals surface area contributed by atoms with Gasteiger partial charge in [0.1, 0.15) is 12.4 Å². The van der Waals surface area contributed by atoms with E-state index in [9.17, 15) is 22.8 Å². The van der Waals surface area contributed by atoms with E-state index in [0.29, 0.717) is 9.99 Å². The molecule has 4 N–H and O–H groups in total. The number of carbonyl (C=O) groups excluding carboxylic acids is 2. The molecule has 0 aromatic heterocycles. The second-order valence-corrected chi connectivity index (χ2v) is 7.79. The van der Waals surface area contributed by atoms with Gasteiger partial charge in [-0.2, -0.15) is 0 Å². The second-order valence-electron chi connectivity index (χ2n) is 6.54. The van der Waals surface area contributed by atoms with Crippen LogP contribution in [0.1, 0.15) is 29.3 Å². The molecule has 0 heterocycles. The minimum Gasteiger partial charge on any atom is -0.394 e. The van der Waals surface area contributed by atoms with Gasteiger partial charge in [0.15, 0.2) is 11.6 Å². The summed E-state index contributed by atoms with van der Waals surface area (Å²) in [7, 11) is 0. The van der Waals surface area contributed by atoms with Crippen molar-refractivity contribution in [1.29, 1.82) is 0 Å². The summed E-state index contributed by atoms with van der Waals surface area (Å²) in [6.07, 6.45) is 1.15. The lowest BCUT2D eigenvalue weighted by Crippen LogP contribution is -2.26. The van der Waals surface area contributed by atoms with Crippen molar-refractivity contribution in [2.24, 2.45) is 5.16 Å². The van der Waals surface area contributed by atoms with Crippen LogP contribution in [0.25, 0.3) is 0 Å². The van der Waals surface area contributed by atoms with Crippen LogP contribution in [0.15, 0.2) is 29.4 Å². The number of nitrogens with one attached hydrogen (secondary N) is 3. The lowest BCUT2D eigenvalue weighted by atomic mass is 10.1. The molecule has 0 spiro atoms. The van der Waals surface area contributed by atoms with Gasteiger partial charge in [0.05, 0.1) is 42.9 Å². The van der Waals surface area contributed by atoms with Crippen molar-refractivity contribution in [3.05, 3.63) is 56.4 Å². The summed E-state index contributed by atoms with van der Waals surface area (Å²) in [4.78, 5) is 33.3. The largest absolute Gasteiger partial charge is 0.394 e. The Morgan fingerprint density at radius 3 is 2.62 bits per heavy atom. The molecule has 0 fully saturated rings. The van der Waals surface area contributed by atoms with Gasteiger partial charge in [-0.05, 0) is 46.9 Å². The van der Waals surface area contributed by atoms with Crippen molar-refractivity contribution in [3.8, 4) is 0 Å². The first kappa shape index (κ1) is 27.3. The van der Waals surface area contributed by atoms with Crippen LogP contribution in [-0.4, -0.2) is 49.5 Å². The van der Waals surface area contributed by atoms with Gasteiger partial charge in [-0.1, -0.05) is 12.1 Å². The molecule has 13 heteroatoms. The Bertz CT molecular complexity index is 1060. The lowest BCUT2D eigenvalue weighted by molar-refractivity contribution is -0.121. The highest BCUT2D eigenvalue weighted by Gasteiger charge is 2.23. The number of halogens is 4. The standard InChI is InChI=1S/C21H22F3IN4O5/c1-2-17(31)26-5-7-33-27-11-12-9-14(21(32)29-34-8-6-30)20(19(24)18(12)23)28-16-4-3-13(25)10-15(16)22/h3-4,9-11,28,30H,2,5-8H2,1H3,(H,26,31)(H,29,32)/b27-11+. The van der Waals surface area contributed by atoms with Crippen molar-refractivity contribution >= 4 is 52.0 Å². The number of aliphatic hydroxyl groups excluding tert-OH is 1. The van der Waals surface area contributed by atoms with Crippen LogP contribution in [0.2, 0.25) is 0 Å². The minimum absolute atomic E-state index is 0.0274. The number of hydrogen-bond acceptors (Lipinski definition) is 7. The molecule has 0 saturated carbocycles. The molecular formula is C21H22F3IN4O5. The Morgan fingerprint density at radius 1 is 1.18 bits per heavy atom. The summed E-state index contributed by atoms with van der Waals surface area (Å²) in [5.74, 6) is -4.76. The first-order valence-electron chi connectivity index (χ1n) is 9.97. The Kier molecular flexibility index (Phi) is 11.0. The van der Waals surface area contributed by atoms with Crippen LogP contribution < -0.4 is 16.1 Å². The number of carbonyl (C=O) groups is 2. The number of oxime groups is 1. The van der Waals surface area contributed by atoms with E-state index in [1.54, 1.807) is 6.92 Å². The highest BCUT2D eigenvalue weighted by molar-refractivity contribution is 14.1. The number of nitrogens with zero attached hydrogens (tertiary/aromatic N) is 1. The highest BCUT2D eigenvalue weighted by atomic mass is 127. The molecule has 0 aliphatic rings. The van der Waals surface area contributed by atoms with Crippen molar-refractivity contribution in [2.75, 3.05) is 31.7 Å². The number of aliphatic hydroxyl groups is 1. The van der Waals surface area contributed by atoms with Crippen molar-refractivity contribution in [2.45, 2.75) is 13.3 Å². The molecule has 2 aromatic carbocycles. The smallest absolute Gasteiger partial charge is 0.277 e. The van der Waals surface area contributed by atoms with Crippen molar-refractivity contribution in [3.63, 3.8) is 0 Å². The molecule has 34 heavy (non-hydrogen) atoms. The third kappa shape index (κ3) is 7.85. The number of rotatable bonds is 12. The normalized spacial score (nSPS) is 10.9. The average Bonchev–Trinajstić information content (AvgIpc) is 2.81. The Labute approximate surface area is 206 Å². The van der Waals surface area contributed by atoms with Crippen LogP contribution in [0.5, 0.6) is 0 Å². The molecule has 0 aliphatic carbocycles. The first-order chi connectivity index (χ1) is 16.3. The van der Waals surface area contributed by atoms with Gasteiger partial charge in [0.2, 0.25) is 5.91 Å². The average molecular weight is 594 g/mol. The van der Waals surface area contributed by atoms with E-state index in [2.05, 4.69) is 15.8 Å². The zero-order valence-corrected chi connectivity index (χ0v) is 20.1. The Hall–Kier alpha value is -2.91. The first-order valence-corrected chi connectivity index (χ1v) is 11.0. The number of hydroxylamine groups is 1. The maximum atomic E-state index is 15.0. The topological polar surface area (TPSA) is 121 Å². The molecule has 2 amide bonds. The molecule has 0 radical (unpaired) electrons. The maximum Gasteiger partial charge on any atom is 0.277 e. The molecule has 0 bridgehead atoms. The van der Waals surface area contributed by atoms with Crippen LogP contribution in [-0.2, 0) is 14.5 Å².